The van der Waals surface area contributed by atoms with E-state index in [0.717, 1.165) is 16.9 Å². The SMILES string of the molecule is COc1cc(N)cc(C=CCCNC(=O)OCc2ccccc2)c1. The van der Waals surface area contributed by atoms with Crippen LogP contribution >= 0.6 is 0 Å². The molecule has 0 atom stereocenters. The molecule has 0 aromatic heterocycles. The van der Waals surface area contributed by atoms with Crippen molar-refractivity contribution in [1.29, 1.82) is 0 Å². The lowest BCUT2D eigenvalue weighted by atomic mass is 10.1. The van der Waals surface area contributed by atoms with Crippen LogP contribution in [0.2, 0.25) is 0 Å². The van der Waals surface area contributed by atoms with Crippen LogP contribution < -0.4 is 15.8 Å². The van der Waals surface area contributed by atoms with E-state index in [1.54, 1.807) is 13.2 Å². The van der Waals surface area contributed by atoms with E-state index in [1.165, 1.54) is 0 Å². The quantitative estimate of drug-likeness (QED) is 0.602. The van der Waals surface area contributed by atoms with Gasteiger partial charge in [0.2, 0.25) is 0 Å². The van der Waals surface area contributed by atoms with Gasteiger partial charge in [0.1, 0.15) is 12.4 Å². The van der Waals surface area contributed by atoms with Gasteiger partial charge in [0.15, 0.2) is 0 Å². The number of ether oxygens (including phenoxy) is 2. The van der Waals surface area contributed by atoms with Gasteiger partial charge < -0.3 is 20.5 Å². The van der Waals surface area contributed by atoms with Crippen LogP contribution in [-0.2, 0) is 11.3 Å². The Morgan fingerprint density at radius 2 is 2.00 bits per heavy atom. The van der Waals surface area contributed by atoms with Crippen LogP contribution in [0, 0.1) is 0 Å². The summed E-state index contributed by atoms with van der Waals surface area (Å²) >= 11 is 0. The summed E-state index contributed by atoms with van der Waals surface area (Å²) in [5, 5.41) is 2.71. The van der Waals surface area contributed by atoms with Crippen molar-refractivity contribution in [2.45, 2.75) is 13.0 Å². The zero-order chi connectivity index (χ0) is 17.2. The number of amides is 1. The van der Waals surface area contributed by atoms with Gasteiger partial charge in [-0.3, -0.25) is 0 Å². The standard InChI is InChI=1S/C19H22N2O3/c1-23-18-12-16(11-17(20)13-18)9-5-6-10-21-19(22)24-14-15-7-3-2-4-8-15/h2-5,7-9,11-13H,6,10,14,20H2,1H3,(H,21,22). The first-order valence-corrected chi connectivity index (χ1v) is 7.73. The maximum Gasteiger partial charge on any atom is 0.407 e. The van der Waals surface area contributed by atoms with Crippen molar-refractivity contribution < 1.29 is 14.3 Å². The van der Waals surface area contributed by atoms with Crippen molar-refractivity contribution in [3.05, 3.63) is 65.7 Å². The second-order valence-corrected chi connectivity index (χ2v) is 5.22. The van der Waals surface area contributed by atoms with Gasteiger partial charge in [-0.15, -0.1) is 0 Å². The lowest BCUT2D eigenvalue weighted by Gasteiger charge is -2.06. The molecule has 0 aliphatic rings. The molecule has 0 aliphatic heterocycles. The summed E-state index contributed by atoms with van der Waals surface area (Å²) in [6.45, 7) is 0.773. The molecular formula is C19H22N2O3. The first kappa shape index (κ1) is 17.4. The van der Waals surface area contributed by atoms with Crippen molar-refractivity contribution in [1.82, 2.24) is 5.32 Å². The molecule has 2 rings (SSSR count). The van der Waals surface area contributed by atoms with E-state index < -0.39 is 6.09 Å². The lowest BCUT2D eigenvalue weighted by Crippen LogP contribution is -2.24. The second kappa shape index (κ2) is 9.25. The molecule has 5 nitrogen and oxygen atoms in total. The van der Waals surface area contributed by atoms with E-state index in [-0.39, 0.29) is 6.61 Å². The average Bonchev–Trinajstić information content (AvgIpc) is 2.60. The van der Waals surface area contributed by atoms with Crippen LogP contribution in [-0.4, -0.2) is 19.7 Å². The molecule has 0 radical (unpaired) electrons. The number of hydrogen-bond acceptors (Lipinski definition) is 4. The van der Waals surface area contributed by atoms with E-state index >= 15 is 0 Å². The Balaban J connectivity index is 1.68. The largest absolute Gasteiger partial charge is 0.497 e. The van der Waals surface area contributed by atoms with Crippen LogP contribution in [0.15, 0.2) is 54.6 Å². The van der Waals surface area contributed by atoms with Gasteiger partial charge in [-0.25, -0.2) is 4.79 Å². The molecule has 0 saturated heterocycles. The Hall–Kier alpha value is -2.95. The van der Waals surface area contributed by atoms with Crippen molar-refractivity contribution in [3.8, 4) is 5.75 Å². The van der Waals surface area contributed by atoms with Crippen LogP contribution in [0.1, 0.15) is 17.5 Å². The minimum atomic E-state index is -0.419. The van der Waals surface area contributed by atoms with Crippen LogP contribution in [0.25, 0.3) is 6.08 Å². The number of nitrogens with one attached hydrogen (secondary N) is 1. The molecule has 0 heterocycles. The highest BCUT2D eigenvalue weighted by atomic mass is 16.5. The molecule has 5 heteroatoms. The number of anilines is 1. The zero-order valence-corrected chi connectivity index (χ0v) is 13.7. The van der Waals surface area contributed by atoms with Crippen LogP contribution in [0.5, 0.6) is 5.75 Å². The van der Waals surface area contributed by atoms with E-state index in [4.69, 9.17) is 15.2 Å². The third kappa shape index (κ3) is 6.04. The minimum absolute atomic E-state index is 0.269. The number of carbonyl (C=O) groups is 1. The Labute approximate surface area is 142 Å². The smallest absolute Gasteiger partial charge is 0.407 e. The van der Waals surface area contributed by atoms with E-state index in [9.17, 15) is 4.79 Å². The minimum Gasteiger partial charge on any atom is -0.497 e. The molecule has 0 fully saturated rings. The number of methoxy groups -OCH3 is 1. The monoisotopic (exact) mass is 326 g/mol. The van der Waals surface area contributed by atoms with Gasteiger partial charge in [-0.05, 0) is 29.7 Å². The summed E-state index contributed by atoms with van der Waals surface area (Å²) in [5.74, 6) is 0.720. The van der Waals surface area contributed by atoms with Gasteiger partial charge >= 0.3 is 6.09 Å². The maximum absolute atomic E-state index is 11.6. The summed E-state index contributed by atoms with van der Waals surface area (Å²) in [6, 6.07) is 15.1. The number of carbonyl (C=O) groups excluding carboxylic acids is 1. The van der Waals surface area contributed by atoms with Gasteiger partial charge in [-0.1, -0.05) is 42.5 Å². The van der Waals surface area contributed by atoms with Gasteiger partial charge in [-0.2, -0.15) is 0 Å². The van der Waals surface area contributed by atoms with E-state index in [2.05, 4.69) is 5.32 Å². The van der Waals surface area contributed by atoms with Crippen molar-refractivity contribution in [2.24, 2.45) is 0 Å². The van der Waals surface area contributed by atoms with Crippen molar-refractivity contribution in [2.75, 3.05) is 19.4 Å². The zero-order valence-electron chi connectivity index (χ0n) is 13.7. The Morgan fingerprint density at radius 1 is 1.21 bits per heavy atom. The molecule has 2 aromatic rings. The molecule has 0 saturated carbocycles. The summed E-state index contributed by atoms with van der Waals surface area (Å²) in [4.78, 5) is 11.6. The first-order valence-electron chi connectivity index (χ1n) is 7.73. The number of nitrogen functional groups attached to an aromatic ring is 1. The molecule has 0 bridgehead atoms. The highest BCUT2D eigenvalue weighted by Gasteiger charge is 2.01. The molecular weight excluding hydrogens is 304 g/mol. The van der Waals surface area contributed by atoms with E-state index in [0.29, 0.717) is 18.7 Å². The molecule has 3 N–H and O–H groups in total. The Bertz CT molecular complexity index is 684. The topological polar surface area (TPSA) is 73.6 Å². The number of benzene rings is 2. The van der Waals surface area contributed by atoms with Gasteiger partial charge in [0.05, 0.1) is 7.11 Å². The Kier molecular flexibility index (Phi) is 6.71. The summed E-state index contributed by atoms with van der Waals surface area (Å²) in [6.07, 6.45) is 4.18. The normalized spacial score (nSPS) is 10.5. The summed E-state index contributed by atoms with van der Waals surface area (Å²) < 4.78 is 10.3. The van der Waals surface area contributed by atoms with Gasteiger partial charge in [0, 0.05) is 18.3 Å². The summed E-state index contributed by atoms with van der Waals surface area (Å²) in [5.41, 5.74) is 8.37. The highest BCUT2D eigenvalue weighted by molar-refractivity contribution is 5.67. The fourth-order valence-electron chi connectivity index (χ4n) is 2.11. The molecule has 126 valence electrons. The van der Waals surface area contributed by atoms with E-state index in [1.807, 2.05) is 54.6 Å². The van der Waals surface area contributed by atoms with Gasteiger partial charge in [0.25, 0.3) is 0 Å². The third-order valence-corrected chi connectivity index (χ3v) is 3.29. The van der Waals surface area contributed by atoms with Crippen LogP contribution in [0.4, 0.5) is 10.5 Å². The number of rotatable bonds is 7. The number of hydrogen-bond donors (Lipinski definition) is 2. The predicted octanol–water partition coefficient (Wildman–Crippen LogP) is 3.61. The molecule has 1 amide bonds. The molecule has 0 aliphatic carbocycles. The fraction of sp³-hybridized carbons (Fsp3) is 0.211. The second-order valence-electron chi connectivity index (χ2n) is 5.22. The van der Waals surface area contributed by atoms with Crippen molar-refractivity contribution in [3.63, 3.8) is 0 Å². The molecule has 0 spiro atoms. The average molecular weight is 326 g/mol. The van der Waals surface area contributed by atoms with Crippen LogP contribution in [0.3, 0.4) is 0 Å². The number of nitrogens with two attached hydrogens (primary N) is 1. The molecule has 0 unspecified atom stereocenters. The maximum atomic E-state index is 11.6. The third-order valence-electron chi connectivity index (χ3n) is 3.29. The summed E-state index contributed by atoms with van der Waals surface area (Å²) in [7, 11) is 1.60. The first-order chi connectivity index (χ1) is 11.7. The molecule has 24 heavy (non-hydrogen) atoms. The lowest BCUT2D eigenvalue weighted by molar-refractivity contribution is 0.140. The molecule has 2 aromatic carbocycles. The Morgan fingerprint density at radius 3 is 2.75 bits per heavy atom. The fourth-order valence-corrected chi connectivity index (χ4v) is 2.11. The highest BCUT2D eigenvalue weighted by Crippen LogP contribution is 2.19. The predicted molar refractivity (Wildman–Crippen MR) is 95.7 cm³/mol. The van der Waals surface area contributed by atoms with Crippen molar-refractivity contribution >= 4 is 17.9 Å². The number of alkyl carbamates (subject to hydrolysis) is 1.